The molecule has 0 saturated carbocycles. The predicted molar refractivity (Wildman–Crippen MR) is 76.8 cm³/mol. The highest BCUT2D eigenvalue weighted by Gasteiger charge is 2.15. The minimum absolute atomic E-state index is 0.460. The Morgan fingerprint density at radius 3 is 2.83 bits per heavy atom. The van der Waals surface area contributed by atoms with Gasteiger partial charge in [-0.2, -0.15) is 5.10 Å². The van der Waals surface area contributed by atoms with Gasteiger partial charge < -0.3 is 5.32 Å². The first kappa shape index (κ1) is 13.3. The van der Waals surface area contributed by atoms with Crippen LogP contribution in [0.5, 0.6) is 0 Å². The van der Waals surface area contributed by atoms with E-state index in [2.05, 4.69) is 48.0 Å². The van der Waals surface area contributed by atoms with Gasteiger partial charge in [0.2, 0.25) is 0 Å². The van der Waals surface area contributed by atoms with Crippen LogP contribution in [0.4, 0.5) is 0 Å². The van der Waals surface area contributed by atoms with Gasteiger partial charge in [0.05, 0.1) is 6.20 Å². The fourth-order valence-corrected chi connectivity index (χ4v) is 3.08. The summed E-state index contributed by atoms with van der Waals surface area (Å²) in [6.07, 6.45) is 5.05. The molecule has 3 nitrogen and oxygen atoms in total. The van der Waals surface area contributed by atoms with Crippen molar-refractivity contribution in [2.24, 2.45) is 13.0 Å². The average Bonchev–Trinajstić information content (AvgIpc) is 2.95. The summed E-state index contributed by atoms with van der Waals surface area (Å²) in [7, 11) is 1.96. The molecule has 2 aromatic rings. The minimum atomic E-state index is 0.460. The summed E-state index contributed by atoms with van der Waals surface area (Å²) in [5.41, 5.74) is 1.29. The van der Waals surface area contributed by atoms with Gasteiger partial charge in [0.25, 0.3) is 0 Å². The second-order valence-corrected chi connectivity index (χ2v) is 5.94. The molecule has 0 spiro atoms. The van der Waals surface area contributed by atoms with E-state index in [1.165, 1.54) is 10.4 Å². The van der Waals surface area contributed by atoms with E-state index < -0.39 is 0 Å². The van der Waals surface area contributed by atoms with Crippen molar-refractivity contribution >= 4 is 11.3 Å². The second-order valence-electron chi connectivity index (χ2n) is 4.96. The van der Waals surface area contributed by atoms with E-state index in [-0.39, 0.29) is 0 Å². The van der Waals surface area contributed by atoms with E-state index in [4.69, 9.17) is 0 Å². The summed E-state index contributed by atoms with van der Waals surface area (Å²) < 4.78 is 1.86. The molecule has 0 fully saturated rings. The van der Waals surface area contributed by atoms with Crippen LogP contribution >= 0.6 is 11.3 Å². The van der Waals surface area contributed by atoms with Crippen LogP contribution in [0.2, 0.25) is 0 Å². The molecule has 0 amide bonds. The van der Waals surface area contributed by atoms with Gasteiger partial charge in [-0.05, 0) is 35.9 Å². The average molecular weight is 263 g/mol. The molecule has 4 heteroatoms. The minimum Gasteiger partial charge on any atom is -0.309 e. The van der Waals surface area contributed by atoms with Crippen LogP contribution in [-0.2, 0) is 13.5 Å². The highest BCUT2D eigenvalue weighted by molar-refractivity contribution is 7.10. The van der Waals surface area contributed by atoms with Crippen molar-refractivity contribution in [3.8, 4) is 0 Å². The Morgan fingerprint density at radius 2 is 2.28 bits per heavy atom. The van der Waals surface area contributed by atoms with Crippen LogP contribution in [0.3, 0.4) is 0 Å². The van der Waals surface area contributed by atoms with Gasteiger partial charge in [0, 0.05) is 24.2 Å². The van der Waals surface area contributed by atoms with E-state index in [0.29, 0.717) is 12.0 Å². The van der Waals surface area contributed by atoms with Crippen LogP contribution in [0.25, 0.3) is 0 Å². The highest BCUT2D eigenvalue weighted by Crippen LogP contribution is 2.25. The summed E-state index contributed by atoms with van der Waals surface area (Å²) in [5, 5.41) is 9.99. The number of nitrogens with one attached hydrogen (secondary N) is 1. The Labute approximate surface area is 113 Å². The second kappa shape index (κ2) is 6.16. The Morgan fingerprint density at radius 1 is 1.44 bits per heavy atom. The molecule has 0 aliphatic heterocycles. The quantitative estimate of drug-likeness (QED) is 0.868. The van der Waals surface area contributed by atoms with E-state index >= 15 is 0 Å². The molecular formula is C14H21N3S. The van der Waals surface area contributed by atoms with Crippen LogP contribution in [0.1, 0.15) is 30.3 Å². The number of aryl methyl sites for hydroxylation is 1. The zero-order chi connectivity index (χ0) is 13.0. The van der Waals surface area contributed by atoms with Crippen molar-refractivity contribution in [2.45, 2.75) is 26.3 Å². The number of thiophene rings is 1. The Kier molecular flexibility index (Phi) is 4.55. The summed E-state index contributed by atoms with van der Waals surface area (Å²) in [6.45, 7) is 5.52. The van der Waals surface area contributed by atoms with Crippen molar-refractivity contribution in [3.63, 3.8) is 0 Å². The topological polar surface area (TPSA) is 29.9 Å². The monoisotopic (exact) mass is 263 g/mol. The van der Waals surface area contributed by atoms with Crippen LogP contribution in [-0.4, -0.2) is 16.3 Å². The molecule has 0 aliphatic carbocycles. The molecule has 1 unspecified atom stereocenters. The van der Waals surface area contributed by atoms with E-state index in [1.807, 2.05) is 29.3 Å². The van der Waals surface area contributed by atoms with Gasteiger partial charge in [-0.1, -0.05) is 19.9 Å². The first-order valence-corrected chi connectivity index (χ1v) is 7.29. The fourth-order valence-electron chi connectivity index (χ4n) is 2.11. The lowest BCUT2D eigenvalue weighted by molar-refractivity contribution is 0.420. The van der Waals surface area contributed by atoms with E-state index in [9.17, 15) is 0 Å². The van der Waals surface area contributed by atoms with Crippen LogP contribution in [0, 0.1) is 5.92 Å². The molecule has 0 aliphatic rings. The predicted octanol–water partition coefficient (Wildman–Crippen LogP) is 3.01. The highest BCUT2D eigenvalue weighted by atomic mass is 32.1. The number of rotatable bonds is 6. The van der Waals surface area contributed by atoms with E-state index in [0.717, 1.165) is 13.0 Å². The zero-order valence-electron chi connectivity index (χ0n) is 11.3. The summed E-state index contributed by atoms with van der Waals surface area (Å²) in [6, 6.07) is 4.80. The summed E-state index contributed by atoms with van der Waals surface area (Å²) in [4.78, 5) is 1.43. The lowest BCUT2D eigenvalue weighted by Gasteiger charge is -2.21. The summed E-state index contributed by atoms with van der Waals surface area (Å²) in [5.74, 6) is 0.609. The number of nitrogens with zero attached hydrogens (tertiary/aromatic N) is 2. The third-order valence-corrected chi connectivity index (χ3v) is 4.01. The lowest BCUT2D eigenvalue weighted by Crippen LogP contribution is -2.26. The molecule has 0 aromatic carbocycles. The fraction of sp³-hybridized carbons (Fsp3) is 0.500. The van der Waals surface area contributed by atoms with Crippen molar-refractivity contribution in [1.82, 2.24) is 15.1 Å². The van der Waals surface area contributed by atoms with Crippen molar-refractivity contribution in [1.29, 1.82) is 0 Å². The maximum absolute atomic E-state index is 4.19. The first-order chi connectivity index (χ1) is 8.66. The first-order valence-electron chi connectivity index (χ1n) is 6.41. The Balaban J connectivity index is 1.87. The number of hydrogen-bond acceptors (Lipinski definition) is 3. The van der Waals surface area contributed by atoms with Gasteiger partial charge in [0.1, 0.15) is 0 Å². The van der Waals surface area contributed by atoms with E-state index in [1.54, 1.807) is 0 Å². The Bertz CT molecular complexity index is 459. The van der Waals surface area contributed by atoms with Crippen LogP contribution < -0.4 is 5.32 Å². The SMILES string of the molecule is CC(C)C(NCCc1cnn(C)c1)c1cccs1. The molecule has 0 radical (unpaired) electrons. The maximum Gasteiger partial charge on any atom is 0.0522 e. The van der Waals surface area contributed by atoms with Gasteiger partial charge in [0.15, 0.2) is 0 Å². The number of aromatic nitrogens is 2. The third-order valence-electron chi connectivity index (χ3n) is 3.05. The normalized spacial score (nSPS) is 13.1. The van der Waals surface area contributed by atoms with Gasteiger partial charge in [-0.15, -0.1) is 11.3 Å². The van der Waals surface area contributed by atoms with Gasteiger partial charge >= 0.3 is 0 Å². The van der Waals surface area contributed by atoms with Crippen LogP contribution in [0.15, 0.2) is 29.9 Å². The molecule has 0 saturated heterocycles. The molecule has 1 N–H and O–H groups in total. The maximum atomic E-state index is 4.19. The smallest absolute Gasteiger partial charge is 0.0522 e. The molecule has 1 atom stereocenters. The standard InChI is InChI=1S/C14H21N3S/c1-11(2)14(13-5-4-8-18-13)15-7-6-12-9-16-17(3)10-12/h4-5,8-11,14-15H,6-7H2,1-3H3. The molecule has 98 valence electrons. The molecular weight excluding hydrogens is 242 g/mol. The van der Waals surface area contributed by atoms with Crippen molar-refractivity contribution in [3.05, 3.63) is 40.3 Å². The van der Waals surface area contributed by atoms with Gasteiger partial charge in [-0.3, -0.25) is 4.68 Å². The lowest BCUT2D eigenvalue weighted by atomic mass is 10.0. The van der Waals surface area contributed by atoms with Crippen molar-refractivity contribution < 1.29 is 0 Å². The van der Waals surface area contributed by atoms with Crippen molar-refractivity contribution in [2.75, 3.05) is 6.54 Å². The van der Waals surface area contributed by atoms with Gasteiger partial charge in [-0.25, -0.2) is 0 Å². The molecule has 2 aromatic heterocycles. The Hall–Kier alpha value is -1.13. The largest absolute Gasteiger partial charge is 0.309 e. The third kappa shape index (κ3) is 3.43. The number of hydrogen-bond donors (Lipinski definition) is 1. The molecule has 2 heterocycles. The zero-order valence-corrected chi connectivity index (χ0v) is 12.1. The molecule has 0 bridgehead atoms. The molecule has 18 heavy (non-hydrogen) atoms. The summed E-state index contributed by atoms with van der Waals surface area (Å²) >= 11 is 1.83. The molecule has 2 rings (SSSR count).